The lowest BCUT2D eigenvalue weighted by Crippen LogP contribution is -2.52. The molecular weight excluding hydrogens is 457 g/mol. The van der Waals surface area contributed by atoms with Crippen LogP contribution in [0, 0.1) is 5.92 Å². The molecule has 0 saturated heterocycles. The third-order valence-corrected chi connectivity index (χ3v) is 5.46. The number of alkyl halides is 3. The predicted octanol–water partition coefficient (Wildman–Crippen LogP) is 2.92. The van der Waals surface area contributed by atoms with Crippen molar-refractivity contribution in [1.82, 2.24) is 10.6 Å². The molecule has 3 rings (SSSR count). The first-order chi connectivity index (χ1) is 16.1. The minimum Gasteiger partial charge on any atom is -0.481 e. The molecule has 0 aromatic heterocycles. The maximum Gasteiger partial charge on any atom is 0.407 e. The Morgan fingerprint density at radius 1 is 1.03 bits per heavy atom. The fourth-order valence-electron chi connectivity index (χ4n) is 3.80. The monoisotopic (exact) mass is 480 g/mol. The average Bonchev–Trinajstić information content (AvgIpc) is 3.10. The van der Waals surface area contributed by atoms with E-state index in [0.29, 0.717) is 0 Å². The summed E-state index contributed by atoms with van der Waals surface area (Å²) in [6, 6.07) is 14.0. The van der Waals surface area contributed by atoms with Crippen LogP contribution in [0.3, 0.4) is 0 Å². The number of hydrogen-bond donors (Lipinski definition) is 3. The molecule has 0 radical (unpaired) electrons. The molecule has 2 amide bonds. The molecule has 1 unspecified atom stereocenters. The minimum absolute atomic E-state index is 0.0314. The highest BCUT2D eigenvalue weighted by Crippen LogP contribution is 2.44. The minimum atomic E-state index is -5.05. The van der Waals surface area contributed by atoms with Gasteiger partial charge in [-0.2, -0.15) is 13.2 Å². The number of amides is 2. The Morgan fingerprint density at radius 3 is 2.09 bits per heavy atom. The summed E-state index contributed by atoms with van der Waals surface area (Å²) in [6.45, 7) is -1.58. The molecule has 2 atom stereocenters. The number of rotatable bonds is 9. The Bertz CT molecular complexity index is 1010. The summed E-state index contributed by atoms with van der Waals surface area (Å²) in [7, 11) is 1.23. The SMILES string of the molecule is COC[C@H](NC(=O)OCC1c2ccccc2-c2ccccc21)C(=O)NCC(C(=O)O)C(F)(F)F. The van der Waals surface area contributed by atoms with Crippen LogP contribution >= 0.6 is 0 Å². The van der Waals surface area contributed by atoms with E-state index in [1.165, 1.54) is 7.11 Å². The molecule has 2 aromatic rings. The van der Waals surface area contributed by atoms with Crippen molar-refractivity contribution >= 4 is 18.0 Å². The number of hydrogen-bond acceptors (Lipinski definition) is 5. The van der Waals surface area contributed by atoms with Crippen LogP contribution in [0.1, 0.15) is 17.0 Å². The summed E-state index contributed by atoms with van der Waals surface area (Å²) in [5.74, 6) is -6.17. The van der Waals surface area contributed by atoms with Gasteiger partial charge in [0, 0.05) is 19.6 Å². The van der Waals surface area contributed by atoms with E-state index in [1.807, 2.05) is 53.8 Å². The van der Waals surface area contributed by atoms with Crippen molar-refractivity contribution in [2.75, 3.05) is 26.9 Å². The number of halogens is 3. The Morgan fingerprint density at radius 2 is 1.59 bits per heavy atom. The molecular formula is C23H23F3N2O6. The molecule has 1 aliphatic carbocycles. The molecule has 8 nitrogen and oxygen atoms in total. The molecule has 0 spiro atoms. The average molecular weight is 480 g/mol. The summed E-state index contributed by atoms with van der Waals surface area (Å²) in [5, 5.41) is 12.9. The van der Waals surface area contributed by atoms with Gasteiger partial charge in [0.2, 0.25) is 5.91 Å². The van der Waals surface area contributed by atoms with Crippen molar-refractivity contribution in [1.29, 1.82) is 0 Å². The lowest BCUT2D eigenvalue weighted by atomic mass is 9.98. The zero-order valence-electron chi connectivity index (χ0n) is 18.1. The lowest BCUT2D eigenvalue weighted by molar-refractivity contribution is -0.192. The maximum absolute atomic E-state index is 12.8. The molecule has 2 aromatic carbocycles. The van der Waals surface area contributed by atoms with E-state index < -0.39 is 42.7 Å². The largest absolute Gasteiger partial charge is 0.481 e. The topological polar surface area (TPSA) is 114 Å². The molecule has 182 valence electrons. The van der Waals surface area contributed by atoms with E-state index in [2.05, 4.69) is 5.32 Å². The number of carbonyl (C=O) groups is 3. The fourth-order valence-corrected chi connectivity index (χ4v) is 3.80. The Labute approximate surface area is 193 Å². The molecule has 11 heteroatoms. The molecule has 0 aliphatic heterocycles. The summed E-state index contributed by atoms with van der Waals surface area (Å²) in [6.07, 6.45) is -6.01. The summed E-state index contributed by atoms with van der Waals surface area (Å²) in [5.41, 5.74) is 4.02. The third-order valence-electron chi connectivity index (χ3n) is 5.46. The molecule has 3 N–H and O–H groups in total. The van der Waals surface area contributed by atoms with E-state index in [1.54, 1.807) is 0 Å². The van der Waals surface area contributed by atoms with Crippen LogP contribution in [-0.4, -0.2) is 62.2 Å². The molecule has 34 heavy (non-hydrogen) atoms. The second-order valence-electron chi connectivity index (χ2n) is 7.66. The zero-order chi connectivity index (χ0) is 24.9. The molecule has 0 bridgehead atoms. The van der Waals surface area contributed by atoms with Crippen molar-refractivity contribution in [2.24, 2.45) is 5.92 Å². The highest BCUT2D eigenvalue weighted by molar-refractivity contribution is 5.86. The van der Waals surface area contributed by atoms with Gasteiger partial charge < -0.3 is 25.2 Å². The predicted molar refractivity (Wildman–Crippen MR) is 114 cm³/mol. The first kappa shape index (κ1) is 25.0. The number of carbonyl (C=O) groups excluding carboxylic acids is 2. The van der Waals surface area contributed by atoms with Crippen molar-refractivity contribution < 1.29 is 42.1 Å². The number of carboxylic acid groups (broad SMARTS) is 1. The Balaban J connectivity index is 1.61. The van der Waals surface area contributed by atoms with Crippen LogP contribution in [0.2, 0.25) is 0 Å². The van der Waals surface area contributed by atoms with Gasteiger partial charge in [-0.3, -0.25) is 9.59 Å². The second kappa shape index (κ2) is 10.6. The van der Waals surface area contributed by atoms with Gasteiger partial charge in [-0.05, 0) is 22.3 Å². The van der Waals surface area contributed by atoms with Crippen molar-refractivity contribution in [3.8, 4) is 11.1 Å². The number of aliphatic carboxylic acids is 1. The quantitative estimate of drug-likeness (QED) is 0.509. The highest BCUT2D eigenvalue weighted by Gasteiger charge is 2.45. The number of alkyl carbamates (subject to hydrolysis) is 1. The van der Waals surface area contributed by atoms with Crippen LogP contribution in [0.15, 0.2) is 48.5 Å². The molecule has 0 heterocycles. The highest BCUT2D eigenvalue weighted by atomic mass is 19.4. The summed E-state index contributed by atoms with van der Waals surface area (Å²) in [4.78, 5) is 35.5. The first-order valence-electron chi connectivity index (χ1n) is 10.3. The van der Waals surface area contributed by atoms with Gasteiger partial charge in [0.25, 0.3) is 0 Å². The van der Waals surface area contributed by atoms with Crippen LogP contribution < -0.4 is 10.6 Å². The number of methoxy groups -OCH3 is 1. The van der Waals surface area contributed by atoms with Crippen molar-refractivity contribution in [3.63, 3.8) is 0 Å². The van der Waals surface area contributed by atoms with E-state index in [4.69, 9.17) is 14.6 Å². The van der Waals surface area contributed by atoms with Gasteiger partial charge in [0.15, 0.2) is 5.92 Å². The Hall–Kier alpha value is -3.60. The fraction of sp³-hybridized carbons (Fsp3) is 0.348. The number of fused-ring (bicyclic) bond motifs is 3. The van der Waals surface area contributed by atoms with Crippen LogP contribution in [0.25, 0.3) is 11.1 Å². The van der Waals surface area contributed by atoms with E-state index in [-0.39, 0.29) is 19.1 Å². The summed E-state index contributed by atoms with van der Waals surface area (Å²) < 4.78 is 48.6. The van der Waals surface area contributed by atoms with Crippen molar-refractivity contribution in [2.45, 2.75) is 18.1 Å². The Kier molecular flexibility index (Phi) is 7.77. The second-order valence-corrected chi connectivity index (χ2v) is 7.66. The number of nitrogens with one attached hydrogen (secondary N) is 2. The van der Waals surface area contributed by atoms with Crippen LogP contribution in [0.5, 0.6) is 0 Å². The lowest BCUT2D eigenvalue weighted by Gasteiger charge is -2.21. The molecule has 1 aliphatic rings. The smallest absolute Gasteiger partial charge is 0.407 e. The normalized spacial score (nSPS) is 14.5. The maximum atomic E-state index is 12.8. The van der Waals surface area contributed by atoms with Gasteiger partial charge in [-0.15, -0.1) is 0 Å². The van der Waals surface area contributed by atoms with Gasteiger partial charge in [0.1, 0.15) is 12.6 Å². The number of benzene rings is 2. The van der Waals surface area contributed by atoms with Crippen LogP contribution in [0.4, 0.5) is 18.0 Å². The first-order valence-corrected chi connectivity index (χ1v) is 10.3. The van der Waals surface area contributed by atoms with E-state index in [9.17, 15) is 27.6 Å². The van der Waals surface area contributed by atoms with Crippen molar-refractivity contribution in [3.05, 3.63) is 59.7 Å². The zero-order valence-corrected chi connectivity index (χ0v) is 18.1. The number of carboxylic acids is 1. The standard InChI is InChI=1S/C23H23F3N2O6/c1-33-12-19(20(29)27-10-18(21(30)31)23(24,25)26)28-22(32)34-11-17-15-8-4-2-6-13(15)14-7-3-5-9-16(14)17/h2-9,17-19H,10-12H2,1H3,(H,27,29)(H,28,32)(H,30,31)/t18?,19-/m0/s1. The third kappa shape index (κ3) is 5.66. The van der Waals surface area contributed by atoms with Gasteiger partial charge >= 0.3 is 18.2 Å². The van der Waals surface area contributed by atoms with E-state index in [0.717, 1.165) is 22.3 Å². The number of ether oxygens (including phenoxy) is 2. The van der Waals surface area contributed by atoms with Crippen LogP contribution in [-0.2, 0) is 19.1 Å². The van der Waals surface area contributed by atoms with Gasteiger partial charge in [-0.25, -0.2) is 4.79 Å². The van der Waals surface area contributed by atoms with Gasteiger partial charge in [-0.1, -0.05) is 48.5 Å². The van der Waals surface area contributed by atoms with E-state index >= 15 is 0 Å². The summed E-state index contributed by atoms with van der Waals surface area (Å²) >= 11 is 0. The molecule has 0 saturated carbocycles. The van der Waals surface area contributed by atoms with Gasteiger partial charge in [0.05, 0.1) is 6.61 Å². The molecule has 0 fully saturated rings.